The molecule has 82 valence electrons. The van der Waals surface area contributed by atoms with Crippen LogP contribution in [0.3, 0.4) is 0 Å². The van der Waals surface area contributed by atoms with Crippen LogP contribution < -0.4 is 5.73 Å². The van der Waals surface area contributed by atoms with Gasteiger partial charge in [0.15, 0.2) is 5.78 Å². The van der Waals surface area contributed by atoms with Crippen molar-refractivity contribution in [3.05, 3.63) is 35.4 Å². The summed E-state index contributed by atoms with van der Waals surface area (Å²) in [7, 11) is 0. The molecule has 2 rings (SSSR count). The van der Waals surface area contributed by atoms with E-state index in [9.17, 15) is 9.90 Å². The van der Waals surface area contributed by atoms with E-state index in [2.05, 4.69) is 0 Å². The highest BCUT2D eigenvalue weighted by atomic mass is 35.5. The van der Waals surface area contributed by atoms with Crippen LogP contribution in [0.25, 0.3) is 0 Å². The number of nitrogens with two attached hydrogens (primary N) is 1. The Kier molecular flexibility index (Phi) is 3.85. The van der Waals surface area contributed by atoms with Gasteiger partial charge in [0.05, 0.1) is 12.1 Å². The van der Waals surface area contributed by atoms with Crippen molar-refractivity contribution in [1.29, 1.82) is 0 Å². The molecule has 1 aliphatic rings. The topological polar surface area (TPSA) is 63.3 Å². The Morgan fingerprint density at radius 3 is 2.53 bits per heavy atom. The standard InChI is InChI=1S/C11H13NO2.ClH/c12-11-9(13)5-7-3-1-2-4-8(7)6-10(11)14;/h1-4,9,11,13H,5-6,12H2;1H/t9-,11-;/m0./s1. The molecule has 1 aromatic rings. The van der Waals surface area contributed by atoms with Gasteiger partial charge in [-0.2, -0.15) is 0 Å². The number of carbonyl (C=O) groups is 1. The molecule has 0 bridgehead atoms. The lowest BCUT2D eigenvalue weighted by atomic mass is 10.0. The number of carbonyl (C=O) groups excluding carboxylic acids is 1. The zero-order chi connectivity index (χ0) is 10.1. The maximum Gasteiger partial charge on any atom is 0.156 e. The first-order chi connectivity index (χ1) is 6.68. The van der Waals surface area contributed by atoms with Crippen molar-refractivity contribution in [3.8, 4) is 0 Å². The molecule has 0 radical (unpaired) electrons. The second-order valence-corrected chi connectivity index (χ2v) is 3.71. The van der Waals surface area contributed by atoms with Crippen molar-refractivity contribution in [2.24, 2.45) is 5.73 Å². The normalized spacial score (nSPS) is 25.1. The Hall–Kier alpha value is -0.900. The van der Waals surface area contributed by atoms with Crippen molar-refractivity contribution in [2.45, 2.75) is 25.0 Å². The summed E-state index contributed by atoms with van der Waals surface area (Å²) in [5, 5.41) is 9.63. The lowest BCUT2D eigenvalue weighted by Crippen LogP contribution is -2.42. The summed E-state index contributed by atoms with van der Waals surface area (Å²) in [6.45, 7) is 0. The Balaban J connectivity index is 0.00000112. The van der Waals surface area contributed by atoms with E-state index in [0.29, 0.717) is 12.8 Å². The number of hydrogen-bond acceptors (Lipinski definition) is 3. The zero-order valence-corrected chi connectivity index (χ0v) is 9.04. The van der Waals surface area contributed by atoms with E-state index in [4.69, 9.17) is 5.73 Å². The van der Waals surface area contributed by atoms with Crippen LogP contribution in [-0.4, -0.2) is 23.0 Å². The number of fused-ring (bicyclic) bond motifs is 1. The Morgan fingerprint density at radius 2 is 1.87 bits per heavy atom. The highest BCUT2D eigenvalue weighted by molar-refractivity contribution is 5.87. The van der Waals surface area contributed by atoms with Crippen LogP contribution >= 0.6 is 12.4 Å². The number of Topliss-reactive ketones (excluding diaryl/α,β-unsaturated/α-hetero) is 1. The number of ketones is 1. The number of rotatable bonds is 0. The molecule has 0 spiro atoms. The maximum atomic E-state index is 11.5. The van der Waals surface area contributed by atoms with E-state index in [1.165, 1.54) is 0 Å². The molecule has 3 nitrogen and oxygen atoms in total. The number of aliphatic hydroxyl groups is 1. The van der Waals surface area contributed by atoms with Crippen molar-refractivity contribution in [2.75, 3.05) is 0 Å². The van der Waals surface area contributed by atoms with Crippen LogP contribution in [-0.2, 0) is 17.6 Å². The highest BCUT2D eigenvalue weighted by Crippen LogP contribution is 2.18. The first-order valence-corrected chi connectivity index (χ1v) is 4.71. The second kappa shape index (κ2) is 4.75. The van der Waals surface area contributed by atoms with Crippen LogP contribution in [0.2, 0.25) is 0 Å². The lowest BCUT2D eigenvalue weighted by Gasteiger charge is -2.13. The molecular formula is C11H14ClNO2. The van der Waals surface area contributed by atoms with Gasteiger partial charge >= 0.3 is 0 Å². The van der Waals surface area contributed by atoms with Gasteiger partial charge < -0.3 is 10.8 Å². The largest absolute Gasteiger partial charge is 0.391 e. The molecule has 0 aromatic heterocycles. The fourth-order valence-corrected chi connectivity index (χ4v) is 1.80. The zero-order valence-electron chi connectivity index (χ0n) is 8.22. The average Bonchev–Trinajstić information content (AvgIpc) is 2.28. The van der Waals surface area contributed by atoms with E-state index in [1.54, 1.807) is 0 Å². The highest BCUT2D eigenvalue weighted by Gasteiger charge is 2.27. The lowest BCUT2D eigenvalue weighted by molar-refractivity contribution is -0.121. The molecule has 2 atom stereocenters. The van der Waals surface area contributed by atoms with Gasteiger partial charge in [0.2, 0.25) is 0 Å². The van der Waals surface area contributed by atoms with E-state index >= 15 is 0 Å². The average molecular weight is 228 g/mol. The predicted molar refractivity (Wildman–Crippen MR) is 60.1 cm³/mol. The van der Waals surface area contributed by atoms with Gasteiger partial charge in [-0.1, -0.05) is 24.3 Å². The Labute approximate surface area is 94.7 Å². The van der Waals surface area contributed by atoms with E-state index in [1.807, 2.05) is 24.3 Å². The molecule has 4 heteroatoms. The van der Waals surface area contributed by atoms with Gasteiger partial charge in [-0.15, -0.1) is 12.4 Å². The van der Waals surface area contributed by atoms with Crippen LogP contribution in [0.15, 0.2) is 24.3 Å². The number of hydrogen-bond donors (Lipinski definition) is 2. The first kappa shape index (κ1) is 12.2. The third-order valence-corrected chi connectivity index (χ3v) is 2.70. The molecule has 0 aliphatic heterocycles. The van der Waals surface area contributed by atoms with Crippen molar-refractivity contribution >= 4 is 18.2 Å². The Morgan fingerprint density at radius 1 is 1.27 bits per heavy atom. The Bertz CT molecular complexity index is 367. The molecule has 3 N–H and O–H groups in total. The van der Waals surface area contributed by atoms with Gasteiger partial charge in [-0.3, -0.25) is 4.79 Å². The minimum atomic E-state index is -0.744. The maximum absolute atomic E-state index is 11.5. The third-order valence-electron chi connectivity index (χ3n) is 2.70. The molecule has 0 saturated carbocycles. The molecule has 0 fully saturated rings. The van der Waals surface area contributed by atoms with Crippen molar-refractivity contribution < 1.29 is 9.90 Å². The fraction of sp³-hybridized carbons (Fsp3) is 0.364. The summed E-state index contributed by atoms with van der Waals surface area (Å²) >= 11 is 0. The first-order valence-electron chi connectivity index (χ1n) is 4.71. The van der Waals surface area contributed by atoms with Crippen LogP contribution in [0, 0.1) is 0 Å². The number of aliphatic hydroxyl groups excluding tert-OH is 1. The molecule has 1 aromatic carbocycles. The minimum Gasteiger partial charge on any atom is -0.391 e. The van der Waals surface area contributed by atoms with Gasteiger partial charge in [0, 0.05) is 12.8 Å². The van der Waals surface area contributed by atoms with Crippen molar-refractivity contribution in [3.63, 3.8) is 0 Å². The van der Waals surface area contributed by atoms with Crippen LogP contribution in [0.5, 0.6) is 0 Å². The van der Waals surface area contributed by atoms with Crippen molar-refractivity contribution in [1.82, 2.24) is 0 Å². The molecule has 1 aliphatic carbocycles. The summed E-state index contributed by atoms with van der Waals surface area (Å²) in [6, 6.07) is 6.92. The number of halogens is 1. The molecular weight excluding hydrogens is 214 g/mol. The molecule has 15 heavy (non-hydrogen) atoms. The third kappa shape index (κ3) is 2.37. The minimum absolute atomic E-state index is 0. The van der Waals surface area contributed by atoms with Gasteiger partial charge in [0.1, 0.15) is 0 Å². The van der Waals surface area contributed by atoms with E-state index in [0.717, 1.165) is 11.1 Å². The van der Waals surface area contributed by atoms with Crippen LogP contribution in [0.4, 0.5) is 0 Å². The van der Waals surface area contributed by atoms with Gasteiger partial charge in [-0.05, 0) is 11.1 Å². The fourth-order valence-electron chi connectivity index (χ4n) is 1.80. The molecule has 0 amide bonds. The molecule has 0 saturated heterocycles. The summed E-state index contributed by atoms with van der Waals surface area (Å²) < 4.78 is 0. The number of benzene rings is 1. The summed E-state index contributed by atoms with van der Waals surface area (Å²) in [4.78, 5) is 11.5. The quantitative estimate of drug-likeness (QED) is 0.634. The van der Waals surface area contributed by atoms with Gasteiger partial charge in [-0.25, -0.2) is 0 Å². The molecule has 0 heterocycles. The molecule has 0 unspecified atom stereocenters. The predicted octanol–water partition coefficient (Wildman–Crippen LogP) is 0.464. The summed E-state index contributed by atoms with van der Waals surface area (Å²) in [5.41, 5.74) is 7.62. The van der Waals surface area contributed by atoms with E-state index < -0.39 is 12.1 Å². The van der Waals surface area contributed by atoms with E-state index in [-0.39, 0.29) is 18.2 Å². The smallest absolute Gasteiger partial charge is 0.156 e. The summed E-state index contributed by atoms with van der Waals surface area (Å²) in [6.07, 6.45) is 0.0726. The second-order valence-electron chi connectivity index (χ2n) is 3.71. The summed E-state index contributed by atoms with van der Waals surface area (Å²) in [5.74, 6) is -0.0811. The van der Waals surface area contributed by atoms with Crippen LogP contribution in [0.1, 0.15) is 11.1 Å². The monoisotopic (exact) mass is 227 g/mol. The van der Waals surface area contributed by atoms with Gasteiger partial charge in [0.25, 0.3) is 0 Å². The SMILES string of the molecule is Cl.N[C@@H]1C(=O)Cc2ccccc2C[C@@H]1O.